The van der Waals surface area contributed by atoms with Gasteiger partial charge in [0.2, 0.25) is 10.0 Å². The molecule has 2 bridgehead atoms. The van der Waals surface area contributed by atoms with Crippen LogP contribution in [0.4, 0.5) is 11.5 Å². The van der Waals surface area contributed by atoms with E-state index in [0.29, 0.717) is 24.6 Å². The van der Waals surface area contributed by atoms with Crippen molar-refractivity contribution in [2.45, 2.75) is 30.3 Å². The Balaban J connectivity index is 1.40. The maximum Gasteiger partial charge on any atom is 0.270 e. The van der Waals surface area contributed by atoms with E-state index in [1.807, 2.05) is 19.1 Å². The second-order valence-electron chi connectivity index (χ2n) is 7.25. The van der Waals surface area contributed by atoms with E-state index in [2.05, 4.69) is 20.2 Å². The second kappa shape index (κ2) is 6.19. The Morgan fingerprint density at radius 1 is 1.14 bits per heavy atom. The Morgan fingerprint density at radius 2 is 1.90 bits per heavy atom. The monoisotopic (exact) mass is 415 g/mol. The summed E-state index contributed by atoms with van der Waals surface area (Å²) in [6.07, 6.45) is 0.762. The number of rotatable bonds is 4. The summed E-state index contributed by atoms with van der Waals surface area (Å²) in [6.45, 7) is 2.83. The number of nitrogens with zero attached hydrogens (tertiary/aromatic N) is 7. The zero-order valence-electron chi connectivity index (χ0n) is 15.4. The first-order valence-electron chi connectivity index (χ1n) is 9.06. The molecule has 2 aromatic heterocycles. The van der Waals surface area contributed by atoms with Crippen LogP contribution >= 0.6 is 0 Å². The van der Waals surface area contributed by atoms with E-state index < -0.39 is 14.9 Å². The lowest BCUT2D eigenvalue weighted by Gasteiger charge is -2.55. The van der Waals surface area contributed by atoms with Gasteiger partial charge in [0.15, 0.2) is 11.5 Å². The van der Waals surface area contributed by atoms with E-state index in [-0.39, 0.29) is 22.7 Å². The maximum atomic E-state index is 13.1. The van der Waals surface area contributed by atoms with Gasteiger partial charge in [0.25, 0.3) is 5.69 Å². The van der Waals surface area contributed by atoms with Crippen LogP contribution in [0.3, 0.4) is 0 Å². The summed E-state index contributed by atoms with van der Waals surface area (Å²) in [5.41, 5.74) is 0.420. The highest BCUT2D eigenvalue weighted by Gasteiger charge is 2.51. The number of nitro benzene ring substituents is 1. The van der Waals surface area contributed by atoms with Crippen LogP contribution in [0.1, 0.15) is 12.2 Å². The molecule has 0 spiro atoms. The van der Waals surface area contributed by atoms with Crippen molar-refractivity contribution >= 4 is 27.2 Å². The Morgan fingerprint density at radius 3 is 2.62 bits per heavy atom. The first-order chi connectivity index (χ1) is 13.8. The number of piperazine rings is 1. The quantitative estimate of drug-likeness (QED) is 0.456. The lowest BCUT2D eigenvalue weighted by atomic mass is 9.91. The predicted molar refractivity (Wildman–Crippen MR) is 102 cm³/mol. The SMILES string of the molecule is Cc1nnc2ccc(N3CC4CC(C3)N4S(=O)(=O)c3cccc([N+](=O)[O-])c3)nn12. The molecule has 3 saturated heterocycles. The smallest absolute Gasteiger partial charge is 0.270 e. The first kappa shape index (κ1) is 17.9. The molecule has 2 unspecified atom stereocenters. The van der Waals surface area contributed by atoms with Crippen molar-refractivity contribution in [1.82, 2.24) is 24.1 Å². The number of anilines is 1. The summed E-state index contributed by atoms with van der Waals surface area (Å²) in [7, 11) is -3.80. The van der Waals surface area contributed by atoms with Crippen LogP contribution < -0.4 is 4.90 Å². The minimum atomic E-state index is -3.80. The van der Waals surface area contributed by atoms with Gasteiger partial charge >= 0.3 is 0 Å². The van der Waals surface area contributed by atoms with Gasteiger partial charge in [0, 0.05) is 37.3 Å². The van der Waals surface area contributed by atoms with Gasteiger partial charge in [-0.1, -0.05) is 6.07 Å². The Bertz CT molecular complexity index is 1230. The van der Waals surface area contributed by atoms with Crippen molar-refractivity contribution < 1.29 is 13.3 Å². The molecule has 3 aliphatic heterocycles. The van der Waals surface area contributed by atoms with Crippen LogP contribution in [0.5, 0.6) is 0 Å². The summed E-state index contributed by atoms with van der Waals surface area (Å²) in [5.74, 6) is 1.42. The van der Waals surface area contributed by atoms with E-state index in [4.69, 9.17) is 0 Å². The van der Waals surface area contributed by atoms with Gasteiger partial charge in [-0.2, -0.15) is 8.82 Å². The average Bonchev–Trinajstić information content (AvgIpc) is 3.08. The number of aryl methyl sites for hydroxylation is 1. The van der Waals surface area contributed by atoms with Crippen molar-refractivity contribution in [2.24, 2.45) is 0 Å². The topological polar surface area (TPSA) is 127 Å². The molecular formula is C17H17N7O4S. The van der Waals surface area contributed by atoms with Crippen molar-refractivity contribution in [3.05, 3.63) is 52.3 Å². The molecule has 1 aromatic carbocycles. The molecule has 150 valence electrons. The van der Waals surface area contributed by atoms with E-state index in [0.717, 1.165) is 18.3 Å². The minimum Gasteiger partial charge on any atom is -0.352 e. The third-order valence-electron chi connectivity index (χ3n) is 5.46. The third-order valence-corrected chi connectivity index (χ3v) is 7.46. The number of fused-ring (bicyclic) bond motifs is 3. The normalized spacial score (nSPS) is 21.9. The van der Waals surface area contributed by atoms with E-state index in [1.165, 1.54) is 22.5 Å². The fourth-order valence-corrected chi connectivity index (χ4v) is 5.94. The number of aromatic nitrogens is 4. The minimum absolute atomic E-state index is 0.0468. The van der Waals surface area contributed by atoms with E-state index in [1.54, 1.807) is 4.52 Å². The Hall–Kier alpha value is -3.12. The number of hydrogen-bond donors (Lipinski definition) is 0. The van der Waals surface area contributed by atoms with Gasteiger partial charge in [0.05, 0.1) is 9.82 Å². The zero-order chi connectivity index (χ0) is 20.3. The van der Waals surface area contributed by atoms with E-state index in [9.17, 15) is 18.5 Å². The van der Waals surface area contributed by atoms with Crippen molar-refractivity contribution in [2.75, 3.05) is 18.0 Å². The van der Waals surface area contributed by atoms with Crippen LogP contribution in [-0.2, 0) is 10.0 Å². The molecule has 11 nitrogen and oxygen atoms in total. The molecule has 6 rings (SSSR count). The molecule has 2 atom stereocenters. The number of hydrogen-bond acceptors (Lipinski definition) is 8. The van der Waals surface area contributed by atoms with Crippen LogP contribution in [-0.4, -0.2) is 62.6 Å². The zero-order valence-corrected chi connectivity index (χ0v) is 16.2. The number of sulfonamides is 1. The molecule has 0 N–H and O–H groups in total. The number of non-ortho nitro benzene ring substituents is 1. The van der Waals surface area contributed by atoms with Gasteiger partial charge < -0.3 is 4.90 Å². The lowest BCUT2D eigenvalue weighted by molar-refractivity contribution is -0.385. The van der Waals surface area contributed by atoms with Crippen LogP contribution in [0, 0.1) is 17.0 Å². The van der Waals surface area contributed by atoms with Crippen LogP contribution in [0.2, 0.25) is 0 Å². The highest BCUT2D eigenvalue weighted by Crippen LogP contribution is 2.39. The van der Waals surface area contributed by atoms with Gasteiger partial charge in [-0.15, -0.1) is 15.3 Å². The molecule has 3 aliphatic rings. The molecular weight excluding hydrogens is 398 g/mol. The molecule has 0 radical (unpaired) electrons. The highest BCUT2D eigenvalue weighted by molar-refractivity contribution is 7.89. The van der Waals surface area contributed by atoms with Crippen molar-refractivity contribution in [3.63, 3.8) is 0 Å². The summed E-state index contributed by atoms with van der Waals surface area (Å²) in [4.78, 5) is 12.4. The fraction of sp³-hybridized carbons (Fsp3) is 0.353. The molecule has 29 heavy (non-hydrogen) atoms. The summed E-state index contributed by atoms with van der Waals surface area (Å²) in [5, 5.41) is 23.6. The molecule has 3 aromatic rings. The average molecular weight is 415 g/mol. The summed E-state index contributed by atoms with van der Waals surface area (Å²) < 4.78 is 29.3. The molecule has 12 heteroatoms. The highest BCUT2D eigenvalue weighted by atomic mass is 32.2. The van der Waals surface area contributed by atoms with Crippen molar-refractivity contribution in [3.8, 4) is 0 Å². The largest absolute Gasteiger partial charge is 0.352 e. The number of piperidine rings is 1. The van der Waals surface area contributed by atoms with Gasteiger partial charge in [0.1, 0.15) is 5.82 Å². The molecule has 0 aliphatic carbocycles. The van der Waals surface area contributed by atoms with Gasteiger partial charge in [-0.3, -0.25) is 10.1 Å². The number of benzene rings is 1. The first-order valence-corrected chi connectivity index (χ1v) is 10.5. The molecule has 5 heterocycles. The Kier molecular flexibility index (Phi) is 3.83. The van der Waals surface area contributed by atoms with Crippen LogP contribution in [0.25, 0.3) is 5.65 Å². The third kappa shape index (κ3) is 2.75. The summed E-state index contributed by atoms with van der Waals surface area (Å²) in [6, 6.07) is 8.49. The predicted octanol–water partition coefficient (Wildman–Crippen LogP) is 0.993. The number of nitro groups is 1. The van der Waals surface area contributed by atoms with Crippen LogP contribution in [0.15, 0.2) is 41.3 Å². The summed E-state index contributed by atoms with van der Waals surface area (Å²) >= 11 is 0. The van der Waals surface area contributed by atoms with Gasteiger partial charge in [-0.25, -0.2) is 8.42 Å². The molecule has 0 amide bonds. The molecule has 3 fully saturated rings. The Labute approximate surface area is 165 Å². The lowest BCUT2D eigenvalue weighted by Crippen LogP contribution is -2.70. The fourth-order valence-electron chi connectivity index (χ4n) is 4.09. The second-order valence-corrected chi connectivity index (χ2v) is 9.09. The van der Waals surface area contributed by atoms with Crippen molar-refractivity contribution in [1.29, 1.82) is 0 Å². The van der Waals surface area contributed by atoms with E-state index >= 15 is 0 Å². The molecule has 0 saturated carbocycles. The standard InChI is InChI=1S/C17H17N7O4S/c1-11-18-19-16-5-6-17(20-22(11)16)21-9-13-7-14(10-21)23(13)29(27,28)15-4-2-3-12(8-15)24(25)26/h2-6,8,13-14H,7,9-10H2,1H3. The maximum absolute atomic E-state index is 13.1. The van der Waals surface area contributed by atoms with Gasteiger partial charge in [-0.05, 0) is 31.5 Å².